The van der Waals surface area contributed by atoms with Crippen LogP contribution in [0.5, 0.6) is 0 Å². The van der Waals surface area contributed by atoms with Crippen LogP contribution in [0.4, 0.5) is 0 Å². The van der Waals surface area contributed by atoms with Gasteiger partial charge in [-0.25, -0.2) is 15.0 Å². The van der Waals surface area contributed by atoms with E-state index in [1.54, 1.807) is 6.20 Å². The number of rotatable bonds is 4. The van der Waals surface area contributed by atoms with Gasteiger partial charge >= 0.3 is 0 Å². The summed E-state index contributed by atoms with van der Waals surface area (Å²) in [6.07, 6.45) is 2.60. The van der Waals surface area contributed by atoms with Crippen molar-refractivity contribution in [2.45, 2.75) is 50.3 Å². The number of hydrogen-bond donors (Lipinski definition) is 1. The third-order valence-corrected chi connectivity index (χ3v) is 4.12. The average Bonchev–Trinajstić information content (AvgIpc) is 2.37. The summed E-state index contributed by atoms with van der Waals surface area (Å²) < 4.78 is 0. The van der Waals surface area contributed by atoms with Gasteiger partial charge in [0.15, 0.2) is 5.16 Å². The van der Waals surface area contributed by atoms with Gasteiger partial charge in [0.1, 0.15) is 5.03 Å². The molecule has 0 aliphatic heterocycles. The Kier molecular flexibility index (Phi) is 4.73. The van der Waals surface area contributed by atoms with Crippen molar-refractivity contribution < 1.29 is 0 Å². The molecular formula is C15H20N4S. The molecule has 0 aromatic carbocycles. The second kappa shape index (κ2) is 6.33. The van der Waals surface area contributed by atoms with Gasteiger partial charge in [-0.15, -0.1) is 0 Å². The van der Waals surface area contributed by atoms with E-state index in [1.807, 2.05) is 33.8 Å². The first kappa shape index (κ1) is 14.9. The highest BCUT2D eigenvalue weighted by Gasteiger charge is 2.11. The van der Waals surface area contributed by atoms with Crippen LogP contribution in [0, 0.1) is 20.8 Å². The zero-order valence-electron chi connectivity index (χ0n) is 12.3. The molecule has 0 aliphatic carbocycles. The van der Waals surface area contributed by atoms with E-state index in [2.05, 4.69) is 21.0 Å². The number of nitrogens with zero attached hydrogens (tertiary/aromatic N) is 3. The highest BCUT2D eigenvalue weighted by Crippen LogP contribution is 2.27. The standard InChI is InChI=1S/C15H20N4S/c1-9(16)8-13-6-5-7-17-14(13)20-15-18-11(3)10(2)12(4)19-15/h5-7,9H,8,16H2,1-4H3. The lowest BCUT2D eigenvalue weighted by Crippen LogP contribution is -2.18. The molecule has 0 saturated heterocycles. The normalized spacial score (nSPS) is 12.4. The predicted molar refractivity (Wildman–Crippen MR) is 82.0 cm³/mol. The summed E-state index contributed by atoms with van der Waals surface area (Å²) >= 11 is 1.50. The maximum Gasteiger partial charge on any atom is 0.194 e. The molecule has 2 aromatic rings. The summed E-state index contributed by atoms with van der Waals surface area (Å²) in [4.78, 5) is 13.5. The molecule has 2 heterocycles. The fraction of sp³-hybridized carbons (Fsp3) is 0.400. The van der Waals surface area contributed by atoms with Gasteiger partial charge in [0, 0.05) is 23.6 Å². The summed E-state index contributed by atoms with van der Waals surface area (Å²) in [7, 11) is 0. The van der Waals surface area contributed by atoms with Crippen LogP contribution < -0.4 is 5.73 Å². The molecule has 0 bridgehead atoms. The van der Waals surface area contributed by atoms with Gasteiger partial charge in [-0.2, -0.15) is 0 Å². The van der Waals surface area contributed by atoms with Gasteiger partial charge in [0.05, 0.1) is 0 Å². The molecule has 20 heavy (non-hydrogen) atoms. The van der Waals surface area contributed by atoms with E-state index in [-0.39, 0.29) is 6.04 Å². The third-order valence-electron chi connectivity index (χ3n) is 3.19. The van der Waals surface area contributed by atoms with Crippen LogP contribution >= 0.6 is 11.8 Å². The highest BCUT2D eigenvalue weighted by molar-refractivity contribution is 7.99. The van der Waals surface area contributed by atoms with Crippen molar-refractivity contribution in [3.63, 3.8) is 0 Å². The molecule has 106 valence electrons. The lowest BCUT2D eigenvalue weighted by Gasteiger charge is -2.10. The molecule has 0 spiro atoms. The summed E-state index contributed by atoms with van der Waals surface area (Å²) in [5.41, 5.74) is 10.2. The molecule has 1 atom stereocenters. The Hall–Kier alpha value is -1.46. The third kappa shape index (κ3) is 3.55. The average molecular weight is 288 g/mol. The Morgan fingerprint density at radius 1 is 1.20 bits per heavy atom. The maximum atomic E-state index is 5.89. The van der Waals surface area contributed by atoms with Crippen molar-refractivity contribution in [2.75, 3.05) is 0 Å². The topological polar surface area (TPSA) is 64.7 Å². The fourth-order valence-corrected chi connectivity index (χ4v) is 2.83. The van der Waals surface area contributed by atoms with Crippen molar-refractivity contribution in [1.29, 1.82) is 0 Å². The number of nitrogens with two attached hydrogens (primary N) is 1. The first-order valence-corrected chi connectivity index (χ1v) is 7.48. The Labute approximate surface area is 124 Å². The SMILES string of the molecule is Cc1nc(Sc2ncccc2CC(C)N)nc(C)c1C. The molecule has 2 rings (SSSR count). The first-order valence-electron chi connectivity index (χ1n) is 6.66. The fourth-order valence-electron chi connectivity index (χ4n) is 1.89. The van der Waals surface area contributed by atoms with Crippen LogP contribution in [-0.2, 0) is 6.42 Å². The van der Waals surface area contributed by atoms with Gasteiger partial charge in [0.2, 0.25) is 0 Å². The Morgan fingerprint density at radius 2 is 1.85 bits per heavy atom. The number of hydrogen-bond acceptors (Lipinski definition) is 5. The van der Waals surface area contributed by atoms with Crippen LogP contribution in [0.1, 0.15) is 29.4 Å². The Morgan fingerprint density at radius 3 is 2.45 bits per heavy atom. The molecular weight excluding hydrogens is 268 g/mol. The van der Waals surface area contributed by atoms with Gasteiger partial charge in [-0.3, -0.25) is 0 Å². The van der Waals surface area contributed by atoms with Crippen molar-refractivity contribution in [1.82, 2.24) is 15.0 Å². The molecule has 2 aromatic heterocycles. The lowest BCUT2D eigenvalue weighted by atomic mass is 10.1. The molecule has 4 nitrogen and oxygen atoms in total. The molecule has 1 unspecified atom stereocenters. The molecule has 5 heteroatoms. The molecule has 0 fully saturated rings. The van der Waals surface area contributed by atoms with E-state index in [4.69, 9.17) is 5.73 Å². The van der Waals surface area contributed by atoms with Gasteiger partial charge in [-0.1, -0.05) is 6.07 Å². The number of aromatic nitrogens is 3. The molecule has 0 amide bonds. The van der Waals surface area contributed by atoms with E-state index < -0.39 is 0 Å². The molecule has 2 N–H and O–H groups in total. The summed E-state index contributed by atoms with van der Waals surface area (Å²) in [6.45, 7) is 8.06. The zero-order valence-corrected chi connectivity index (χ0v) is 13.2. The van der Waals surface area contributed by atoms with Crippen LogP contribution in [0.2, 0.25) is 0 Å². The van der Waals surface area contributed by atoms with Gasteiger partial charge in [0.25, 0.3) is 0 Å². The summed E-state index contributed by atoms with van der Waals surface area (Å²) in [5.74, 6) is 0. The van der Waals surface area contributed by atoms with E-state index >= 15 is 0 Å². The van der Waals surface area contributed by atoms with Crippen LogP contribution in [0.15, 0.2) is 28.5 Å². The number of pyridine rings is 1. The van der Waals surface area contributed by atoms with E-state index in [0.29, 0.717) is 0 Å². The van der Waals surface area contributed by atoms with Crippen molar-refractivity contribution in [3.05, 3.63) is 40.8 Å². The summed E-state index contributed by atoms with van der Waals surface area (Å²) in [5, 5.41) is 1.68. The van der Waals surface area contributed by atoms with E-state index in [9.17, 15) is 0 Å². The predicted octanol–water partition coefficient (Wildman–Crippen LogP) is 2.84. The van der Waals surface area contributed by atoms with E-state index in [0.717, 1.165) is 39.1 Å². The first-order chi connectivity index (χ1) is 9.47. The quantitative estimate of drug-likeness (QED) is 0.876. The van der Waals surface area contributed by atoms with Crippen LogP contribution in [0.3, 0.4) is 0 Å². The van der Waals surface area contributed by atoms with Crippen LogP contribution in [0.25, 0.3) is 0 Å². The molecule has 0 aliphatic rings. The largest absolute Gasteiger partial charge is 0.328 e. The van der Waals surface area contributed by atoms with Crippen molar-refractivity contribution in [3.8, 4) is 0 Å². The second-order valence-electron chi connectivity index (χ2n) is 5.05. The van der Waals surface area contributed by atoms with E-state index in [1.165, 1.54) is 11.8 Å². The monoisotopic (exact) mass is 288 g/mol. The maximum absolute atomic E-state index is 5.89. The Balaban J connectivity index is 2.30. The van der Waals surface area contributed by atoms with Crippen LogP contribution in [-0.4, -0.2) is 21.0 Å². The minimum Gasteiger partial charge on any atom is -0.328 e. The zero-order chi connectivity index (χ0) is 14.7. The van der Waals surface area contributed by atoms with Gasteiger partial charge in [-0.05, 0) is 63.1 Å². The second-order valence-corrected chi connectivity index (χ2v) is 6.01. The minimum atomic E-state index is 0.112. The highest BCUT2D eigenvalue weighted by atomic mass is 32.2. The molecule has 0 radical (unpaired) electrons. The van der Waals surface area contributed by atoms with Crippen molar-refractivity contribution in [2.24, 2.45) is 5.73 Å². The van der Waals surface area contributed by atoms with Gasteiger partial charge < -0.3 is 5.73 Å². The Bertz CT molecular complexity index is 588. The summed E-state index contributed by atoms with van der Waals surface area (Å²) in [6, 6.07) is 4.11. The number of aryl methyl sites for hydroxylation is 2. The minimum absolute atomic E-state index is 0.112. The molecule has 0 saturated carbocycles. The smallest absolute Gasteiger partial charge is 0.194 e. The van der Waals surface area contributed by atoms with Crippen molar-refractivity contribution >= 4 is 11.8 Å². The lowest BCUT2D eigenvalue weighted by molar-refractivity contribution is 0.722.